The smallest absolute Gasteiger partial charge is 0.0968 e. The predicted octanol–water partition coefficient (Wildman–Crippen LogP) is 1.04. The zero-order valence-corrected chi connectivity index (χ0v) is 8.71. The zero-order valence-electron chi connectivity index (χ0n) is 8.71. The number of β-amino-alcohol motifs (C(OH)–C–C–N with tert-alkyl or cyclic N) is 1. The van der Waals surface area contributed by atoms with Crippen molar-refractivity contribution in [1.29, 1.82) is 5.26 Å². The summed E-state index contributed by atoms with van der Waals surface area (Å²) in [6, 6.07) is 2.40. The van der Waals surface area contributed by atoms with Crippen molar-refractivity contribution in [3.05, 3.63) is 0 Å². The van der Waals surface area contributed by atoms with Gasteiger partial charge in [0.2, 0.25) is 0 Å². The summed E-state index contributed by atoms with van der Waals surface area (Å²) in [5.74, 6) is 0.583. The number of nitrogens with zero attached hydrogens (tertiary/aromatic N) is 1. The molecule has 1 aliphatic carbocycles. The minimum Gasteiger partial charge on any atom is -0.387 e. The fraction of sp³-hybridized carbons (Fsp3) is 0.909. The van der Waals surface area contributed by atoms with E-state index in [-0.39, 0.29) is 0 Å². The van der Waals surface area contributed by atoms with Crippen molar-refractivity contribution >= 4 is 0 Å². The molecular formula is C11H18N2O. The second kappa shape index (κ2) is 3.22. The molecule has 1 saturated heterocycles. The first-order valence-electron chi connectivity index (χ1n) is 5.46. The average Bonchev–Trinajstić information content (AvgIpc) is 2.74. The lowest BCUT2D eigenvalue weighted by Crippen LogP contribution is -2.47. The van der Waals surface area contributed by atoms with Crippen molar-refractivity contribution in [2.75, 3.05) is 13.1 Å². The van der Waals surface area contributed by atoms with Crippen LogP contribution >= 0.6 is 0 Å². The summed E-state index contributed by atoms with van der Waals surface area (Å²) in [6.07, 6.45) is 3.54. The number of hydrogen-bond donors (Lipinski definition) is 2. The first-order valence-corrected chi connectivity index (χ1v) is 5.46. The second-order valence-corrected chi connectivity index (χ2v) is 5.00. The molecule has 0 bridgehead atoms. The maximum Gasteiger partial charge on any atom is 0.0968 e. The highest BCUT2D eigenvalue weighted by Crippen LogP contribution is 2.50. The van der Waals surface area contributed by atoms with Gasteiger partial charge in [-0.05, 0) is 38.1 Å². The van der Waals surface area contributed by atoms with Crippen LogP contribution in [0.5, 0.6) is 0 Å². The van der Waals surface area contributed by atoms with E-state index in [1.165, 1.54) is 0 Å². The number of nitrogens with one attached hydrogen (secondary N) is 1. The molecule has 0 radical (unpaired) electrons. The van der Waals surface area contributed by atoms with Crippen LogP contribution in [0.1, 0.15) is 32.6 Å². The normalized spacial score (nSPS) is 47.9. The Hall–Kier alpha value is -0.590. The largest absolute Gasteiger partial charge is 0.387 e. The standard InChI is InChI=1S/C11H18N2O/c1-9-2-3-10(6-9,7-12)11(14)4-5-13-8-11/h9,13-14H,2-6,8H2,1H3. The Morgan fingerprint density at radius 2 is 2.29 bits per heavy atom. The molecule has 0 spiro atoms. The molecule has 2 aliphatic rings. The van der Waals surface area contributed by atoms with Crippen LogP contribution in [0.2, 0.25) is 0 Å². The van der Waals surface area contributed by atoms with E-state index in [1.54, 1.807) is 0 Å². The van der Waals surface area contributed by atoms with Gasteiger partial charge in [0.05, 0.1) is 17.1 Å². The number of hydrogen-bond acceptors (Lipinski definition) is 3. The van der Waals surface area contributed by atoms with E-state index in [2.05, 4.69) is 18.3 Å². The van der Waals surface area contributed by atoms with Gasteiger partial charge < -0.3 is 10.4 Å². The van der Waals surface area contributed by atoms with E-state index in [9.17, 15) is 10.4 Å². The maximum absolute atomic E-state index is 10.5. The topological polar surface area (TPSA) is 56.0 Å². The lowest BCUT2D eigenvalue weighted by molar-refractivity contribution is -0.0364. The van der Waals surface area contributed by atoms with Crippen LogP contribution in [0.25, 0.3) is 0 Å². The fourth-order valence-electron chi connectivity index (χ4n) is 3.01. The van der Waals surface area contributed by atoms with Gasteiger partial charge in [-0.15, -0.1) is 0 Å². The Bertz CT molecular complexity index is 265. The number of nitriles is 1. The van der Waals surface area contributed by atoms with Crippen LogP contribution in [0.15, 0.2) is 0 Å². The summed E-state index contributed by atoms with van der Waals surface area (Å²) in [4.78, 5) is 0. The van der Waals surface area contributed by atoms with E-state index >= 15 is 0 Å². The Balaban J connectivity index is 2.25. The highest BCUT2D eigenvalue weighted by molar-refractivity contribution is 5.16. The summed E-state index contributed by atoms with van der Waals surface area (Å²) >= 11 is 0. The SMILES string of the molecule is CC1CCC(C#N)(C2(O)CCNC2)C1. The van der Waals surface area contributed by atoms with Gasteiger partial charge in [-0.3, -0.25) is 0 Å². The molecule has 0 aromatic carbocycles. The molecule has 0 aromatic heterocycles. The molecule has 1 saturated carbocycles. The molecular weight excluding hydrogens is 176 g/mol. The van der Waals surface area contributed by atoms with Gasteiger partial charge in [-0.25, -0.2) is 0 Å². The monoisotopic (exact) mass is 194 g/mol. The molecule has 0 aromatic rings. The molecule has 14 heavy (non-hydrogen) atoms. The van der Waals surface area contributed by atoms with E-state index < -0.39 is 11.0 Å². The second-order valence-electron chi connectivity index (χ2n) is 5.00. The van der Waals surface area contributed by atoms with Gasteiger partial charge in [-0.1, -0.05) is 6.92 Å². The summed E-state index contributed by atoms with van der Waals surface area (Å²) in [6.45, 7) is 3.60. The van der Waals surface area contributed by atoms with Gasteiger partial charge in [0.25, 0.3) is 0 Å². The van der Waals surface area contributed by atoms with Crippen LogP contribution in [-0.4, -0.2) is 23.8 Å². The summed E-state index contributed by atoms with van der Waals surface area (Å²) in [7, 11) is 0. The van der Waals surface area contributed by atoms with E-state index in [4.69, 9.17) is 0 Å². The van der Waals surface area contributed by atoms with Gasteiger partial charge >= 0.3 is 0 Å². The first-order chi connectivity index (χ1) is 6.62. The number of aliphatic hydroxyl groups is 1. The molecule has 2 fully saturated rings. The van der Waals surface area contributed by atoms with Crippen LogP contribution in [0, 0.1) is 22.7 Å². The maximum atomic E-state index is 10.5. The van der Waals surface area contributed by atoms with Gasteiger partial charge in [0.1, 0.15) is 0 Å². The van der Waals surface area contributed by atoms with Crippen LogP contribution in [-0.2, 0) is 0 Å². The third-order valence-electron chi connectivity index (χ3n) is 4.00. The van der Waals surface area contributed by atoms with Crippen molar-refractivity contribution in [1.82, 2.24) is 5.32 Å². The lowest BCUT2D eigenvalue weighted by Gasteiger charge is -2.36. The first kappa shape index (κ1) is 9.95. The third kappa shape index (κ3) is 1.25. The van der Waals surface area contributed by atoms with E-state index in [0.29, 0.717) is 12.5 Å². The Kier molecular flexibility index (Phi) is 2.29. The lowest BCUT2D eigenvalue weighted by atomic mass is 9.70. The van der Waals surface area contributed by atoms with Gasteiger partial charge in [0.15, 0.2) is 0 Å². The summed E-state index contributed by atoms with van der Waals surface area (Å²) in [5, 5.41) is 23.0. The predicted molar refractivity (Wildman–Crippen MR) is 53.5 cm³/mol. The third-order valence-corrected chi connectivity index (χ3v) is 4.00. The van der Waals surface area contributed by atoms with Crippen molar-refractivity contribution < 1.29 is 5.11 Å². The molecule has 3 heteroatoms. The van der Waals surface area contributed by atoms with Crippen LogP contribution in [0.3, 0.4) is 0 Å². The quantitative estimate of drug-likeness (QED) is 0.655. The van der Waals surface area contributed by atoms with Crippen molar-refractivity contribution in [2.24, 2.45) is 11.3 Å². The van der Waals surface area contributed by atoms with Gasteiger partial charge in [0, 0.05) is 6.54 Å². The summed E-state index contributed by atoms with van der Waals surface area (Å²) < 4.78 is 0. The van der Waals surface area contributed by atoms with Crippen molar-refractivity contribution in [3.63, 3.8) is 0 Å². The van der Waals surface area contributed by atoms with Crippen LogP contribution < -0.4 is 5.32 Å². The van der Waals surface area contributed by atoms with Gasteiger partial charge in [-0.2, -0.15) is 5.26 Å². The fourth-order valence-corrected chi connectivity index (χ4v) is 3.01. The van der Waals surface area contributed by atoms with Crippen molar-refractivity contribution in [3.8, 4) is 6.07 Å². The molecule has 2 rings (SSSR count). The molecule has 78 valence electrons. The molecule has 1 aliphatic heterocycles. The Morgan fingerprint density at radius 3 is 2.71 bits per heavy atom. The molecule has 0 amide bonds. The minimum atomic E-state index is -0.771. The molecule has 3 unspecified atom stereocenters. The highest BCUT2D eigenvalue weighted by atomic mass is 16.3. The zero-order chi connectivity index (χ0) is 10.2. The average molecular weight is 194 g/mol. The molecule has 3 nitrogen and oxygen atoms in total. The van der Waals surface area contributed by atoms with Crippen LogP contribution in [0.4, 0.5) is 0 Å². The van der Waals surface area contributed by atoms with Crippen molar-refractivity contribution in [2.45, 2.75) is 38.2 Å². The van der Waals surface area contributed by atoms with E-state index in [0.717, 1.165) is 32.2 Å². The molecule has 1 heterocycles. The minimum absolute atomic E-state index is 0.476. The Morgan fingerprint density at radius 1 is 1.50 bits per heavy atom. The number of rotatable bonds is 1. The van der Waals surface area contributed by atoms with E-state index in [1.807, 2.05) is 0 Å². The Labute approximate surface area is 85.1 Å². The summed E-state index contributed by atoms with van der Waals surface area (Å²) in [5.41, 5.74) is -1.25. The highest BCUT2D eigenvalue weighted by Gasteiger charge is 2.54. The molecule has 3 atom stereocenters. The molecule has 2 N–H and O–H groups in total.